The maximum Gasteiger partial charge on any atom is 0.0314 e. The summed E-state index contributed by atoms with van der Waals surface area (Å²) in [6.45, 7) is 1.86. The number of hydrogen-bond acceptors (Lipinski definition) is 1. The summed E-state index contributed by atoms with van der Waals surface area (Å²) in [5, 5.41) is 0. The van der Waals surface area contributed by atoms with Gasteiger partial charge in [-0.05, 0) is 31.0 Å². The van der Waals surface area contributed by atoms with Crippen molar-refractivity contribution in [3.8, 4) is 11.8 Å². The highest BCUT2D eigenvalue weighted by Gasteiger charge is 1.89. The molecule has 62 valence electrons. The quantitative estimate of drug-likeness (QED) is 0.519. The SMILES string of the molecule is CC#CCCc1ccc(N)cc1. The van der Waals surface area contributed by atoms with Crippen LogP contribution in [0.4, 0.5) is 5.69 Å². The number of anilines is 1. The first kappa shape index (κ1) is 8.67. The molecule has 0 radical (unpaired) electrons. The lowest BCUT2D eigenvalue weighted by atomic mass is 10.1. The molecule has 2 N–H and O–H groups in total. The molecular formula is C11H13N. The Kier molecular flexibility index (Phi) is 3.22. The fraction of sp³-hybridized carbons (Fsp3) is 0.273. The summed E-state index contributed by atoms with van der Waals surface area (Å²) in [6.07, 6.45) is 1.95. The monoisotopic (exact) mass is 159 g/mol. The second kappa shape index (κ2) is 4.46. The van der Waals surface area contributed by atoms with Gasteiger partial charge in [-0.25, -0.2) is 0 Å². The maximum atomic E-state index is 5.55. The van der Waals surface area contributed by atoms with Gasteiger partial charge < -0.3 is 5.73 Å². The summed E-state index contributed by atoms with van der Waals surface area (Å²) >= 11 is 0. The van der Waals surface area contributed by atoms with Crippen LogP contribution < -0.4 is 5.73 Å². The lowest BCUT2D eigenvalue weighted by Crippen LogP contribution is -1.86. The third-order valence-electron chi connectivity index (χ3n) is 1.70. The van der Waals surface area contributed by atoms with E-state index >= 15 is 0 Å². The van der Waals surface area contributed by atoms with Crippen LogP contribution >= 0.6 is 0 Å². The molecule has 0 aliphatic heterocycles. The van der Waals surface area contributed by atoms with Gasteiger partial charge in [0.15, 0.2) is 0 Å². The average Bonchev–Trinajstić information content (AvgIpc) is 2.09. The van der Waals surface area contributed by atoms with Crippen molar-refractivity contribution in [2.45, 2.75) is 19.8 Å². The van der Waals surface area contributed by atoms with E-state index in [1.807, 2.05) is 31.2 Å². The van der Waals surface area contributed by atoms with Gasteiger partial charge in [0.2, 0.25) is 0 Å². The zero-order valence-corrected chi connectivity index (χ0v) is 7.30. The summed E-state index contributed by atoms with van der Waals surface area (Å²) in [4.78, 5) is 0. The second-order valence-electron chi connectivity index (χ2n) is 2.67. The molecule has 1 heteroatoms. The zero-order valence-electron chi connectivity index (χ0n) is 7.30. The molecule has 0 saturated carbocycles. The average molecular weight is 159 g/mol. The number of benzene rings is 1. The van der Waals surface area contributed by atoms with Crippen molar-refractivity contribution in [1.29, 1.82) is 0 Å². The van der Waals surface area contributed by atoms with Gasteiger partial charge in [0.05, 0.1) is 0 Å². The van der Waals surface area contributed by atoms with Crippen LogP contribution in [0.1, 0.15) is 18.9 Å². The number of aryl methyl sites for hydroxylation is 1. The van der Waals surface area contributed by atoms with E-state index in [9.17, 15) is 0 Å². The number of hydrogen-bond donors (Lipinski definition) is 1. The lowest BCUT2D eigenvalue weighted by molar-refractivity contribution is 1.03. The molecule has 12 heavy (non-hydrogen) atoms. The molecule has 0 fully saturated rings. The molecule has 1 aromatic carbocycles. The minimum Gasteiger partial charge on any atom is -0.399 e. The van der Waals surface area contributed by atoms with E-state index in [0.29, 0.717) is 0 Å². The second-order valence-corrected chi connectivity index (χ2v) is 2.67. The van der Waals surface area contributed by atoms with E-state index < -0.39 is 0 Å². The van der Waals surface area contributed by atoms with Crippen LogP contribution in [0.2, 0.25) is 0 Å². The highest BCUT2D eigenvalue weighted by Crippen LogP contribution is 2.06. The van der Waals surface area contributed by atoms with Crippen molar-refractivity contribution >= 4 is 5.69 Å². The van der Waals surface area contributed by atoms with Crippen LogP contribution in [0.3, 0.4) is 0 Å². The van der Waals surface area contributed by atoms with Crippen molar-refractivity contribution < 1.29 is 0 Å². The summed E-state index contributed by atoms with van der Waals surface area (Å²) in [7, 11) is 0. The minimum absolute atomic E-state index is 0.820. The van der Waals surface area contributed by atoms with Crippen LogP contribution in [-0.4, -0.2) is 0 Å². The van der Waals surface area contributed by atoms with Crippen molar-refractivity contribution in [2.24, 2.45) is 0 Å². The van der Waals surface area contributed by atoms with E-state index in [-0.39, 0.29) is 0 Å². The molecule has 0 aliphatic carbocycles. The fourth-order valence-electron chi connectivity index (χ4n) is 1.02. The fourth-order valence-corrected chi connectivity index (χ4v) is 1.02. The molecule has 0 unspecified atom stereocenters. The molecule has 0 amide bonds. The Hall–Kier alpha value is -1.42. The van der Waals surface area contributed by atoms with Crippen LogP contribution in [-0.2, 0) is 6.42 Å². The molecule has 0 spiro atoms. The predicted octanol–water partition coefficient (Wildman–Crippen LogP) is 2.22. The van der Waals surface area contributed by atoms with Crippen molar-refractivity contribution in [2.75, 3.05) is 5.73 Å². The standard InChI is InChI=1S/C11H13N/c1-2-3-4-5-10-6-8-11(12)9-7-10/h6-9H,4-5,12H2,1H3. The lowest BCUT2D eigenvalue weighted by Gasteiger charge is -1.97. The highest BCUT2D eigenvalue weighted by atomic mass is 14.5. The number of nitrogens with two attached hydrogens (primary N) is 1. The summed E-state index contributed by atoms with van der Waals surface area (Å²) in [5.41, 5.74) is 7.67. The van der Waals surface area contributed by atoms with Crippen molar-refractivity contribution in [3.63, 3.8) is 0 Å². The van der Waals surface area contributed by atoms with Crippen LogP contribution in [0, 0.1) is 11.8 Å². The van der Waals surface area contributed by atoms with Crippen LogP contribution in [0.5, 0.6) is 0 Å². The van der Waals surface area contributed by atoms with Crippen LogP contribution in [0.25, 0.3) is 0 Å². The van der Waals surface area contributed by atoms with E-state index in [4.69, 9.17) is 5.73 Å². The molecular weight excluding hydrogens is 146 g/mol. The van der Waals surface area contributed by atoms with Gasteiger partial charge in [-0.15, -0.1) is 11.8 Å². The molecule has 1 aromatic rings. The Morgan fingerprint density at radius 2 is 1.92 bits per heavy atom. The Balaban J connectivity index is 2.51. The van der Waals surface area contributed by atoms with Crippen LogP contribution in [0.15, 0.2) is 24.3 Å². The smallest absolute Gasteiger partial charge is 0.0314 e. The van der Waals surface area contributed by atoms with E-state index in [2.05, 4.69) is 11.8 Å². The summed E-state index contributed by atoms with van der Waals surface area (Å²) in [6, 6.07) is 7.95. The topological polar surface area (TPSA) is 26.0 Å². The van der Waals surface area contributed by atoms with Gasteiger partial charge in [-0.3, -0.25) is 0 Å². The van der Waals surface area contributed by atoms with Crippen molar-refractivity contribution in [1.82, 2.24) is 0 Å². The number of rotatable bonds is 2. The molecule has 0 heterocycles. The number of nitrogen functional groups attached to an aromatic ring is 1. The third kappa shape index (κ3) is 2.67. The van der Waals surface area contributed by atoms with Gasteiger partial charge in [0, 0.05) is 12.1 Å². The van der Waals surface area contributed by atoms with Gasteiger partial charge in [0.1, 0.15) is 0 Å². The third-order valence-corrected chi connectivity index (χ3v) is 1.70. The molecule has 0 aliphatic rings. The first-order valence-corrected chi connectivity index (χ1v) is 4.07. The Labute approximate surface area is 73.6 Å². The van der Waals surface area contributed by atoms with E-state index in [1.165, 1.54) is 5.56 Å². The molecule has 0 aromatic heterocycles. The minimum atomic E-state index is 0.820. The van der Waals surface area contributed by atoms with Gasteiger partial charge >= 0.3 is 0 Å². The molecule has 1 nitrogen and oxygen atoms in total. The molecule has 1 rings (SSSR count). The Morgan fingerprint density at radius 3 is 2.50 bits per heavy atom. The highest BCUT2D eigenvalue weighted by molar-refractivity contribution is 5.39. The molecule has 0 saturated heterocycles. The van der Waals surface area contributed by atoms with Crippen molar-refractivity contribution in [3.05, 3.63) is 29.8 Å². The predicted molar refractivity (Wildman–Crippen MR) is 52.6 cm³/mol. The molecule has 0 atom stereocenters. The Morgan fingerprint density at radius 1 is 1.25 bits per heavy atom. The van der Waals surface area contributed by atoms with Gasteiger partial charge in [0.25, 0.3) is 0 Å². The summed E-state index contributed by atoms with van der Waals surface area (Å²) in [5.74, 6) is 5.90. The zero-order chi connectivity index (χ0) is 8.81. The van der Waals surface area contributed by atoms with Gasteiger partial charge in [-0.1, -0.05) is 12.1 Å². The first-order valence-electron chi connectivity index (χ1n) is 4.07. The van der Waals surface area contributed by atoms with E-state index in [0.717, 1.165) is 18.5 Å². The summed E-state index contributed by atoms with van der Waals surface area (Å²) < 4.78 is 0. The molecule has 0 bridgehead atoms. The maximum absolute atomic E-state index is 5.55. The normalized spacial score (nSPS) is 8.75. The first-order chi connectivity index (χ1) is 5.83. The van der Waals surface area contributed by atoms with Gasteiger partial charge in [-0.2, -0.15) is 0 Å². The largest absolute Gasteiger partial charge is 0.399 e. The van der Waals surface area contributed by atoms with E-state index in [1.54, 1.807) is 0 Å². The Bertz CT molecular complexity index is 287.